The molecule has 0 radical (unpaired) electrons. The molecule has 1 atom stereocenters. The van der Waals surface area contributed by atoms with E-state index in [9.17, 15) is 9.59 Å². The molecule has 0 spiro atoms. The van der Waals surface area contributed by atoms with Crippen LogP contribution in [-0.4, -0.2) is 42.0 Å². The number of halogens is 1. The van der Waals surface area contributed by atoms with Crippen LogP contribution in [0.1, 0.15) is 25.2 Å². The van der Waals surface area contributed by atoms with Crippen molar-refractivity contribution in [3.05, 3.63) is 55.2 Å². The predicted molar refractivity (Wildman–Crippen MR) is 148 cm³/mol. The molecule has 3 aromatic heterocycles. The van der Waals surface area contributed by atoms with Gasteiger partial charge in [-0.05, 0) is 54.4 Å². The van der Waals surface area contributed by atoms with Gasteiger partial charge in [0, 0.05) is 12.8 Å². The summed E-state index contributed by atoms with van der Waals surface area (Å²) >= 11 is 3.40. The Morgan fingerprint density at radius 2 is 1.86 bits per heavy atom. The van der Waals surface area contributed by atoms with E-state index in [2.05, 4.69) is 64.3 Å². The molecule has 11 heteroatoms. The number of imidazole rings is 2. The zero-order chi connectivity index (χ0) is 26.4. The standard InChI is InChI=1S/C25H31BrN6O3Si/c1-8-9-12-30-21-22(28-24(30)26)29(4)25(34)31(23(21)33)14-18-10-11-19-20(13-18)32(16(2)27-19)15-35-17(3)36(5,6)7/h10-11,13,17H,12,14-15H2,1-7H3. The first kappa shape index (κ1) is 26.1. The van der Waals surface area contributed by atoms with Gasteiger partial charge in [0.1, 0.15) is 12.6 Å². The molecule has 0 bridgehead atoms. The first-order valence-corrected chi connectivity index (χ1v) is 16.1. The second kappa shape index (κ2) is 9.84. The Morgan fingerprint density at radius 1 is 1.14 bits per heavy atom. The molecule has 36 heavy (non-hydrogen) atoms. The van der Waals surface area contributed by atoms with Crippen LogP contribution in [0, 0.1) is 18.8 Å². The summed E-state index contributed by atoms with van der Waals surface area (Å²) in [6.45, 7) is 13.5. The highest BCUT2D eigenvalue weighted by Crippen LogP contribution is 2.21. The molecule has 0 aliphatic heterocycles. The highest BCUT2D eigenvalue weighted by molar-refractivity contribution is 9.10. The number of hydrogen-bond donors (Lipinski definition) is 0. The molecular formula is C25H31BrN6O3Si. The molecule has 0 saturated heterocycles. The van der Waals surface area contributed by atoms with Crippen molar-refractivity contribution in [2.75, 3.05) is 0 Å². The lowest BCUT2D eigenvalue weighted by atomic mass is 10.2. The maximum Gasteiger partial charge on any atom is 0.332 e. The maximum atomic E-state index is 13.5. The van der Waals surface area contributed by atoms with Crippen LogP contribution < -0.4 is 11.2 Å². The number of hydrogen-bond acceptors (Lipinski definition) is 5. The quantitative estimate of drug-likeness (QED) is 0.192. The van der Waals surface area contributed by atoms with E-state index in [1.807, 2.05) is 29.7 Å². The average Bonchev–Trinajstić information content (AvgIpc) is 3.32. The van der Waals surface area contributed by atoms with Gasteiger partial charge in [-0.2, -0.15) is 0 Å². The van der Waals surface area contributed by atoms with Crippen LogP contribution in [0.4, 0.5) is 0 Å². The van der Waals surface area contributed by atoms with Crippen molar-refractivity contribution in [3.8, 4) is 11.8 Å². The van der Waals surface area contributed by atoms with E-state index in [4.69, 9.17) is 4.74 Å². The molecule has 190 valence electrons. The number of ether oxygens (including phenoxy) is 1. The van der Waals surface area contributed by atoms with Crippen molar-refractivity contribution in [2.24, 2.45) is 7.05 Å². The second-order valence-electron chi connectivity index (χ2n) is 10.0. The monoisotopic (exact) mass is 570 g/mol. The normalized spacial score (nSPS) is 12.8. The van der Waals surface area contributed by atoms with Crippen LogP contribution in [0.2, 0.25) is 19.6 Å². The lowest BCUT2D eigenvalue weighted by molar-refractivity contribution is 0.0578. The highest BCUT2D eigenvalue weighted by Gasteiger charge is 2.24. The van der Waals surface area contributed by atoms with Gasteiger partial charge in [0.15, 0.2) is 15.9 Å². The SMILES string of the molecule is CC#CCn1c(Br)nc2c1c(=O)n(Cc1ccc3nc(C)n(COC(C)[Si](C)(C)C)c3c1)c(=O)n2C. The summed E-state index contributed by atoms with van der Waals surface area (Å²) in [6.07, 6.45) is 0. The predicted octanol–water partition coefficient (Wildman–Crippen LogP) is 3.63. The summed E-state index contributed by atoms with van der Waals surface area (Å²) in [4.78, 5) is 35.7. The molecule has 4 aromatic rings. The largest absolute Gasteiger partial charge is 0.361 e. The van der Waals surface area contributed by atoms with Crippen molar-refractivity contribution >= 4 is 46.2 Å². The number of fused-ring (bicyclic) bond motifs is 2. The van der Waals surface area contributed by atoms with Gasteiger partial charge in [-0.3, -0.25) is 13.9 Å². The molecule has 3 heterocycles. The molecule has 0 N–H and O–H groups in total. The van der Waals surface area contributed by atoms with E-state index in [1.165, 1.54) is 9.13 Å². The van der Waals surface area contributed by atoms with Crippen molar-refractivity contribution < 1.29 is 4.74 Å². The van der Waals surface area contributed by atoms with Gasteiger partial charge in [-0.1, -0.05) is 31.6 Å². The van der Waals surface area contributed by atoms with E-state index < -0.39 is 19.3 Å². The minimum absolute atomic E-state index is 0.121. The maximum absolute atomic E-state index is 13.5. The molecule has 0 aliphatic rings. The van der Waals surface area contributed by atoms with Gasteiger partial charge < -0.3 is 13.9 Å². The minimum Gasteiger partial charge on any atom is -0.361 e. The summed E-state index contributed by atoms with van der Waals surface area (Å²) in [7, 11) is 0.177. The number of benzene rings is 1. The Kier molecular flexibility index (Phi) is 7.14. The minimum atomic E-state index is -1.44. The van der Waals surface area contributed by atoms with Crippen molar-refractivity contribution in [3.63, 3.8) is 0 Å². The van der Waals surface area contributed by atoms with Crippen LogP contribution in [0.3, 0.4) is 0 Å². The molecule has 0 aliphatic carbocycles. The van der Waals surface area contributed by atoms with Gasteiger partial charge in [0.2, 0.25) is 0 Å². The summed E-state index contributed by atoms with van der Waals surface area (Å²) in [5, 5.41) is 0. The summed E-state index contributed by atoms with van der Waals surface area (Å²) in [6, 6.07) is 5.79. The number of rotatable bonds is 7. The van der Waals surface area contributed by atoms with Gasteiger partial charge in [0.05, 0.1) is 32.2 Å². The molecule has 9 nitrogen and oxygen atoms in total. The van der Waals surface area contributed by atoms with E-state index >= 15 is 0 Å². The summed E-state index contributed by atoms with van der Waals surface area (Å²) < 4.78 is 13.0. The zero-order valence-corrected chi connectivity index (χ0v) is 24.3. The molecule has 0 fully saturated rings. The van der Waals surface area contributed by atoms with E-state index in [-0.39, 0.29) is 12.3 Å². The van der Waals surface area contributed by atoms with Gasteiger partial charge >= 0.3 is 5.69 Å². The molecule has 1 aromatic carbocycles. The van der Waals surface area contributed by atoms with Gasteiger partial charge in [-0.25, -0.2) is 14.8 Å². The molecular weight excluding hydrogens is 540 g/mol. The van der Waals surface area contributed by atoms with E-state index in [0.717, 1.165) is 22.4 Å². The fourth-order valence-corrected chi connectivity index (χ4v) is 5.00. The zero-order valence-electron chi connectivity index (χ0n) is 21.7. The number of aromatic nitrogens is 6. The summed E-state index contributed by atoms with van der Waals surface area (Å²) in [5.41, 5.74) is 2.59. The molecule has 0 saturated carbocycles. The third kappa shape index (κ3) is 4.73. The first-order valence-electron chi connectivity index (χ1n) is 11.8. The van der Waals surface area contributed by atoms with Crippen LogP contribution in [0.5, 0.6) is 0 Å². The molecule has 0 amide bonds. The third-order valence-electron chi connectivity index (χ3n) is 6.62. The first-order chi connectivity index (χ1) is 16.9. The molecule has 4 rings (SSSR count). The Labute approximate surface area is 218 Å². The topological polar surface area (TPSA) is 88.9 Å². The average molecular weight is 572 g/mol. The van der Waals surface area contributed by atoms with Crippen molar-refractivity contribution in [1.82, 2.24) is 28.2 Å². The Bertz CT molecular complexity index is 1640. The molecule has 1 unspecified atom stereocenters. The lowest BCUT2D eigenvalue weighted by Gasteiger charge is -2.25. The smallest absolute Gasteiger partial charge is 0.332 e. The van der Waals surface area contributed by atoms with Gasteiger partial charge in [0.25, 0.3) is 5.56 Å². The Balaban J connectivity index is 1.77. The van der Waals surface area contributed by atoms with Crippen molar-refractivity contribution in [2.45, 2.75) is 66.0 Å². The van der Waals surface area contributed by atoms with Crippen LogP contribution in [0.15, 0.2) is 32.5 Å². The van der Waals surface area contributed by atoms with Crippen LogP contribution >= 0.6 is 15.9 Å². The fraction of sp³-hybridized carbons (Fsp3) is 0.440. The highest BCUT2D eigenvalue weighted by atomic mass is 79.9. The van der Waals surface area contributed by atoms with Gasteiger partial charge in [-0.15, -0.1) is 5.92 Å². The lowest BCUT2D eigenvalue weighted by Crippen LogP contribution is -2.40. The van der Waals surface area contributed by atoms with E-state index in [0.29, 0.717) is 29.2 Å². The second-order valence-corrected chi connectivity index (χ2v) is 16.3. The Morgan fingerprint density at radius 3 is 2.53 bits per heavy atom. The number of nitrogens with zero attached hydrogens (tertiary/aromatic N) is 6. The number of aryl methyl sites for hydroxylation is 2. The van der Waals surface area contributed by atoms with Crippen LogP contribution in [0.25, 0.3) is 22.2 Å². The summed E-state index contributed by atoms with van der Waals surface area (Å²) in [5.74, 6) is 6.65. The van der Waals surface area contributed by atoms with Crippen LogP contribution in [-0.2, 0) is 31.6 Å². The third-order valence-corrected chi connectivity index (χ3v) is 9.83. The fourth-order valence-electron chi connectivity index (χ4n) is 3.96. The van der Waals surface area contributed by atoms with E-state index in [1.54, 1.807) is 18.5 Å². The Hall–Kier alpha value is -2.94. The van der Waals surface area contributed by atoms with Crippen molar-refractivity contribution in [1.29, 1.82) is 0 Å².